The third kappa shape index (κ3) is 3.40. The van der Waals surface area contributed by atoms with Gasteiger partial charge >= 0.3 is 0 Å². The molecule has 1 unspecified atom stereocenters. The van der Waals surface area contributed by atoms with E-state index in [2.05, 4.69) is 10.3 Å². The molecule has 1 aromatic heterocycles. The average molecular weight is 256 g/mol. The van der Waals surface area contributed by atoms with E-state index in [4.69, 9.17) is 0 Å². The minimum absolute atomic E-state index is 0.0445. The molecule has 2 aromatic rings. The molecule has 0 aliphatic carbocycles. The summed E-state index contributed by atoms with van der Waals surface area (Å²) in [4.78, 5) is 4.46. The van der Waals surface area contributed by atoms with Crippen molar-refractivity contribution in [2.24, 2.45) is 0 Å². The molecule has 1 atom stereocenters. The first-order valence-electron chi connectivity index (χ1n) is 6.48. The van der Waals surface area contributed by atoms with E-state index in [0.29, 0.717) is 6.54 Å². The minimum Gasteiger partial charge on any atom is -0.394 e. The zero-order chi connectivity index (χ0) is 13.7. The largest absolute Gasteiger partial charge is 0.394 e. The Morgan fingerprint density at radius 1 is 1.11 bits per heavy atom. The van der Waals surface area contributed by atoms with Gasteiger partial charge in [-0.2, -0.15) is 0 Å². The van der Waals surface area contributed by atoms with Crippen LogP contribution >= 0.6 is 0 Å². The fourth-order valence-corrected chi connectivity index (χ4v) is 2.04. The van der Waals surface area contributed by atoms with Gasteiger partial charge in [0.25, 0.3) is 0 Å². The molecule has 3 nitrogen and oxygen atoms in total. The molecule has 0 aliphatic heterocycles. The van der Waals surface area contributed by atoms with Gasteiger partial charge in [0.1, 0.15) is 0 Å². The summed E-state index contributed by atoms with van der Waals surface area (Å²) in [5, 5.41) is 13.1. The highest BCUT2D eigenvalue weighted by molar-refractivity contribution is 5.24. The molecular formula is C16H20N2O. The first-order valence-corrected chi connectivity index (χ1v) is 6.48. The molecular weight excluding hydrogens is 236 g/mol. The molecule has 0 saturated carbocycles. The van der Waals surface area contributed by atoms with Gasteiger partial charge in [-0.1, -0.05) is 36.4 Å². The topological polar surface area (TPSA) is 45.1 Å². The van der Waals surface area contributed by atoms with Gasteiger partial charge in [-0.3, -0.25) is 4.98 Å². The number of rotatable bonds is 5. The minimum atomic E-state index is -0.452. The Morgan fingerprint density at radius 2 is 1.84 bits per heavy atom. The van der Waals surface area contributed by atoms with Crippen LogP contribution in [0.15, 0.2) is 48.5 Å². The summed E-state index contributed by atoms with van der Waals surface area (Å²) in [6.07, 6.45) is 0. The van der Waals surface area contributed by atoms with Crippen LogP contribution in [0, 0.1) is 6.92 Å². The molecule has 0 bridgehead atoms. The summed E-state index contributed by atoms with van der Waals surface area (Å²) in [6, 6.07) is 15.9. The molecule has 0 amide bonds. The number of benzene rings is 1. The Morgan fingerprint density at radius 3 is 2.47 bits per heavy atom. The number of nitrogens with one attached hydrogen (secondary N) is 1. The predicted octanol–water partition coefficient (Wildman–Crippen LogP) is 2.39. The summed E-state index contributed by atoms with van der Waals surface area (Å²) >= 11 is 0. The van der Waals surface area contributed by atoms with Crippen molar-refractivity contribution in [3.05, 3.63) is 65.5 Å². The van der Waals surface area contributed by atoms with Gasteiger partial charge < -0.3 is 10.4 Å². The number of aliphatic hydroxyl groups is 1. The van der Waals surface area contributed by atoms with Gasteiger partial charge in [-0.05, 0) is 31.5 Å². The average Bonchev–Trinajstić information content (AvgIpc) is 2.46. The van der Waals surface area contributed by atoms with E-state index in [1.165, 1.54) is 0 Å². The highest BCUT2D eigenvalue weighted by atomic mass is 16.3. The molecule has 3 heteroatoms. The number of aryl methyl sites for hydroxylation is 1. The zero-order valence-electron chi connectivity index (χ0n) is 11.4. The van der Waals surface area contributed by atoms with E-state index >= 15 is 0 Å². The molecule has 0 aliphatic rings. The number of hydrogen-bond donors (Lipinski definition) is 2. The van der Waals surface area contributed by atoms with Crippen molar-refractivity contribution >= 4 is 0 Å². The van der Waals surface area contributed by atoms with E-state index in [9.17, 15) is 5.11 Å². The fourth-order valence-electron chi connectivity index (χ4n) is 2.04. The summed E-state index contributed by atoms with van der Waals surface area (Å²) in [7, 11) is 0. The first kappa shape index (κ1) is 13.7. The van der Waals surface area contributed by atoms with Gasteiger partial charge in [0.15, 0.2) is 0 Å². The fraction of sp³-hybridized carbons (Fsp3) is 0.312. The lowest BCUT2D eigenvalue weighted by Crippen LogP contribution is -2.42. The number of aromatic nitrogens is 1. The number of pyridine rings is 1. The standard InChI is InChI=1S/C16H20N2O/c1-13-7-6-10-15(18-13)11-17-16(2,12-19)14-8-4-3-5-9-14/h3-10,17,19H,11-12H2,1-2H3. The van der Waals surface area contributed by atoms with Gasteiger partial charge in [0, 0.05) is 12.2 Å². The smallest absolute Gasteiger partial charge is 0.0652 e. The van der Waals surface area contributed by atoms with Crippen molar-refractivity contribution < 1.29 is 5.11 Å². The van der Waals surface area contributed by atoms with Crippen molar-refractivity contribution in [1.29, 1.82) is 0 Å². The first-order chi connectivity index (χ1) is 9.14. The molecule has 2 N–H and O–H groups in total. The molecule has 1 heterocycles. The van der Waals surface area contributed by atoms with Crippen molar-refractivity contribution in [2.75, 3.05) is 6.61 Å². The highest BCUT2D eigenvalue weighted by Gasteiger charge is 2.24. The van der Waals surface area contributed by atoms with Crippen LogP contribution in [0.4, 0.5) is 0 Å². The second-order valence-corrected chi connectivity index (χ2v) is 4.98. The predicted molar refractivity (Wildman–Crippen MR) is 76.7 cm³/mol. The SMILES string of the molecule is Cc1cccc(CNC(C)(CO)c2ccccc2)n1. The molecule has 0 spiro atoms. The third-order valence-corrected chi connectivity index (χ3v) is 3.33. The maximum absolute atomic E-state index is 9.69. The van der Waals surface area contributed by atoms with Crippen molar-refractivity contribution in [3.8, 4) is 0 Å². The van der Waals surface area contributed by atoms with Crippen LogP contribution in [0.25, 0.3) is 0 Å². The Bertz CT molecular complexity index is 527. The Hall–Kier alpha value is -1.71. The maximum atomic E-state index is 9.69. The monoisotopic (exact) mass is 256 g/mol. The summed E-state index contributed by atoms with van der Waals surface area (Å²) in [5.41, 5.74) is 2.61. The van der Waals surface area contributed by atoms with Crippen LogP contribution in [0.5, 0.6) is 0 Å². The van der Waals surface area contributed by atoms with Crippen LogP contribution < -0.4 is 5.32 Å². The summed E-state index contributed by atoms with van der Waals surface area (Å²) < 4.78 is 0. The lowest BCUT2D eigenvalue weighted by molar-refractivity contribution is 0.173. The van der Waals surface area contributed by atoms with E-state index in [0.717, 1.165) is 17.0 Å². The van der Waals surface area contributed by atoms with Crippen molar-refractivity contribution in [1.82, 2.24) is 10.3 Å². The number of nitrogens with zero attached hydrogens (tertiary/aromatic N) is 1. The second-order valence-electron chi connectivity index (χ2n) is 4.98. The summed E-state index contributed by atoms with van der Waals surface area (Å²) in [5.74, 6) is 0. The van der Waals surface area contributed by atoms with Gasteiger partial charge in [-0.25, -0.2) is 0 Å². The van der Waals surface area contributed by atoms with Crippen LogP contribution in [-0.4, -0.2) is 16.7 Å². The van der Waals surface area contributed by atoms with E-state index < -0.39 is 5.54 Å². The molecule has 0 saturated heterocycles. The van der Waals surface area contributed by atoms with Crippen molar-refractivity contribution in [2.45, 2.75) is 25.9 Å². The quantitative estimate of drug-likeness (QED) is 0.863. The summed E-state index contributed by atoms with van der Waals surface area (Å²) in [6.45, 7) is 4.65. The van der Waals surface area contributed by atoms with Crippen molar-refractivity contribution in [3.63, 3.8) is 0 Å². The zero-order valence-corrected chi connectivity index (χ0v) is 11.4. The van der Waals surface area contributed by atoms with E-state index in [1.807, 2.05) is 62.4 Å². The normalized spacial score (nSPS) is 14.1. The Kier molecular flexibility index (Phi) is 4.30. The van der Waals surface area contributed by atoms with E-state index in [-0.39, 0.29) is 6.61 Å². The number of hydrogen-bond acceptors (Lipinski definition) is 3. The molecule has 0 fully saturated rings. The molecule has 1 aromatic carbocycles. The van der Waals surface area contributed by atoms with Gasteiger partial charge in [0.05, 0.1) is 17.8 Å². The molecule has 2 rings (SSSR count). The second kappa shape index (κ2) is 5.95. The van der Waals surface area contributed by atoms with Gasteiger partial charge in [0.2, 0.25) is 0 Å². The highest BCUT2D eigenvalue weighted by Crippen LogP contribution is 2.20. The van der Waals surface area contributed by atoms with Crippen LogP contribution in [0.2, 0.25) is 0 Å². The van der Waals surface area contributed by atoms with Crippen LogP contribution in [0.3, 0.4) is 0 Å². The van der Waals surface area contributed by atoms with Gasteiger partial charge in [-0.15, -0.1) is 0 Å². The van der Waals surface area contributed by atoms with Crippen LogP contribution in [0.1, 0.15) is 23.9 Å². The maximum Gasteiger partial charge on any atom is 0.0652 e. The Labute approximate surface area is 114 Å². The number of aliphatic hydroxyl groups excluding tert-OH is 1. The lowest BCUT2D eigenvalue weighted by atomic mass is 9.93. The molecule has 0 radical (unpaired) electrons. The molecule has 19 heavy (non-hydrogen) atoms. The lowest BCUT2D eigenvalue weighted by Gasteiger charge is -2.29. The third-order valence-electron chi connectivity index (χ3n) is 3.33. The molecule has 100 valence electrons. The Balaban J connectivity index is 2.11. The van der Waals surface area contributed by atoms with E-state index in [1.54, 1.807) is 0 Å². The van der Waals surface area contributed by atoms with Crippen LogP contribution in [-0.2, 0) is 12.1 Å².